The molecule has 1 aliphatic heterocycles. The van der Waals surface area contributed by atoms with Gasteiger partial charge in [-0.15, -0.1) is 0 Å². The standard InChI is InChI=1S/C13H17N5O6/c1-5(19)13(22)23-2-6-8(20)9(21)12(24-6)18-4-17-7-10(14)15-3-16-11(7)18/h3-6,8-9,12,19-21H,2H2,1H3,(H2,14,15,16)/t5?,6-,8?,9?,12-/m1/s1. The van der Waals surface area contributed by atoms with E-state index in [-0.39, 0.29) is 12.4 Å². The van der Waals surface area contributed by atoms with Gasteiger partial charge in [-0.1, -0.05) is 0 Å². The zero-order chi connectivity index (χ0) is 17.4. The molecule has 0 aromatic carbocycles. The van der Waals surface area contributed by atoms with Gasteiger partial charge in [0.15, 0.2) is 17.7 Å². The minimum absolute atomic E-state index is 0.175. The molecular formula is C13H17N5O6. The van der Waals surface area contributed by atoms with Gasteiger partial charge in [0.25, 0.3) is 0 Å². The molecule has 1 saturated heterocycles. The Morgan fingerprint density at radius 1 is 1.42 bits per heavy atom. The van der Waals surface area contributed by atoms with E-state index in [0.717, 1.165) is 0 Å². The Hall–Kier alpha value is -2.34. The van der Waals surface area contributed by atoms with E-state index in [4.69, 9.17) is 20.3 Å². The molecule has 130 valence electrons. The van der Waals surface area contributed by atoms with Gasteiger partial charge in [-0.25, -0.2) is 19.7 Å². The molecule has 5 atom stereocenters. The molecule has 0 spiro atoms. The molecular weight excluding hydrogens is 322 g/mol. The lowest BCUT2D eigenvalue weighted by atomic mass is 10.1. The van der Waals surface area contributed by atoms with Gasteiger partial charge in [-0.2, -0.15) is 0 Å². The van der Waals surface area contributed by atoms with Crippen LogP contribution in [0, 0.1) is 0 Å². The van der Waals surface area contributed by atoms with E-state index in [1.807, 2.05) is 0 Å². The highest BCUT2D eigenvalue weighted by Crippen LogP contribution is 2.32. The number of ether oxygens (including phenoxy) is 2. The average Bonchev–Trinajstić information content (AvgIpc) is 3.09. The fraction of sp³-hybridized carbons (Fsp3) is 0.538. The van der Waals surface area contributed by atoms with Crippen molar-refractivity contribution >= 4 is 23.0 Å². The van der Waals surface area contributed by atoms with Gasteiger partial charge >= 0.3 is 5.97 Å². The topological polar surface area (TPSA) is 166 Å². The second kappa shape index (κ2) is 6.28. The average molecular weight is 339 g/mol. The van der Waals surface area contributed by atoms with Crippen molar-refractivity contribution in [2.75, 3.05) is 12.3 Å². The van der Waals surface area contributed by atoms with Gasteiger partial charge < -0.3 is 30.5 Å². The Morgan fingerprint density at radius 3 is 2.88 bits per heavy atom. The van der Waals surface area contributed by atoms with Crippen LogP contribution in [0.5, 0.6) is 0 Å². The van der Waals surface area contributed by atoms with E-state index < -0.39 is 36.6 Å². The molecule has 0 radical (unpaired) electrons. The van der Waals surface area contributed by atoms with Crippen LogP contribution < -0.4 is 5.73 Å². The predicted octanol–water partition coefficient (Wildman–Crippen LogP) is -2.05. The molecule has 11 heteroatoms. The molecule has 0 aliphatic carbocycles. The SMILES string of the molecule is CC(O)C(=O)OC[C@H]1O[C@@H](n2cnc3c(N)ncnc32)C(O)C1O. The second-order valence-electron chi connectivity index (χ2n) is 5.44. The Balaban J connectivity index is 1.79. The number of esters is 1. The molecule has 0 amide bonds. The molecule has 0 saturated carbocycles. The molecule has 3 unspecified atom stereocenters. The van der Waals surface area contributed by atoms with Crippen LogP contribution >= 0.6 is 0 Å². The summed E-state index contributed by atoms with van der Waals surface area (Å²) in [5, 5.41) is 29.4. The van der Waals surface area contributed by atoms with Crippen molar-refractivity contribution < 1.29 is 29.6 Å². The van der Waals surface area contributed by atoms with Crippen LogP contribution in [0.2, 0.25) is 0 Å². The summed E-state index contributed by atoms with van der Waals surface area (Å²) in [6, 6.07) is 0. The van der Waals surface area contributed by atoms with Crippen LogP contribution in [0.3, 0.4) is 0 Å². The molecule has 24 heavy (non-hydrogen) atoms. The Kier molecular flexibility index (Phi) is 4.32. The second-order valence-corrected chi connectivity index (χ2v) is 5.44. The van der Waals surface area contributed by atoms with Gasteiger partial charge in [0, 0.05) is 0 Å². The summed E-state index contributed by atoms with van der Waals surface area (Å²) in [5.74, 6) is -0.675. The number of carbonyl (C=O) groups excluding carboxylic acids is 1. The van der Waals surface area contributed by atoms with Crippen molar-refractivity contribution in [3.05, 3.63) is 12.7 Å². The van der Waals surface area contributed by atoms with E-state index in [0.29, 0.717) is 11.2 Å². The van der Waals surface area contributed by atoms with Crippen LogP contribution in [0.1, 0.15) is 13.2 Å². The summed E-state index contributed by atoms with van der Waals surface area (Å²) in [6.45, 7) is 0.940. The summed E-state index contributed by atoms with van der Waals surface area (Å²) >= 11 is 0. The normalized spacial score (nSPS) is 28.2. The lowest BCUT2D eigenvalue weighted by molar-refractivity contribution is -0.158. The van der Waals surface area contributed by atoms with Crippen LogP contribution in [0.4, 0.5) is 5.82 Å². The third-order valence-electron chi connectivity index (χ3n) is 3.73. The van der Waals surface area contributed by atoms with Gasteiger partial charge in [-0.05, 0) is 6.92 Å². The van der Waals surface area contributed by atoms with E-state index in [1.165, 1.54) is 24.1 Å². The first-order valence-electron chi connectivity index (χ1n) is 7.19. The maximum atomic E-state index is 11.3. The number of nitrogen functional groups attached to an aromatic ring is 1. The maximum absolute atomic E-state index is 11.3. The Labute approximate surface area is 135 Å². The lowest BCUT2D eigenvalue weighted by Gasteiger charge is -2.16. The zero-order valence-corrected chi connectivity index (χ0v) is 12.7. The molecule has 3 heterocycles. The zero-order valence-electron chi connectivity index (χ0n) is 12.7. The largest absolute Gasteiger partial charge is 0.461 e. The maximum Gasteiger partial charge on any atom is 0.334 e. The number of aliphatic hydroxyl groups is 3. The van der Waals surface area contributed by atoms with Gasteiger partial charge in [-0.3, -0.25) is 4.57 Å². The molecule has 5 N–H and O–H groups in total. The first-order chi connectivity index (χ1) is 11.4. The van der Waals surface area contributed by atoms with E-state index in [2.05, 4.69) is 15.0 Å². The van der Waals surface area contributed by atoms with E-state index >= 15 is 0 Å². The van der Waals surface area contributed by atoms with Crippen LogP contribution in [0.15, 0.2) is 12.7 Å². The molecule has 2 aromatic rings. The number of anilines is 1. The molecule has 1 aliphatic rings. The third kappa shape index (κ3) is 2.78. The highest BCUT2D eigenvalue weighted by molar-refractivity contribution is 5.81. The number of hydrogen-bond acceptors (Lipinski definition) is 10. The van der Waals surface area contributed by atoms with E-state index in [1.54, 1.807) is 0 Å². The number of nitrogens with two attached hydrogens (primary N) is 1. The summed E-state index contributed by atoms with van der Waals surface area (Å²) in [6.07, 6.45) is -3.24. The highest BCUT2D eigenvalue weighted by Gasteiger charge is 2.45. The number of rotatable bonds is 4. The predicted molar refractivity (Wildman–Crippen MR) is 78.3 cm³/mol. The fourth-order valence-corrected chi connectivity index (χ4v) is 2.44. The molecule has 3 rings (SSSR count). The number of nitrogens with zero attached hydrogens (tertiary/aromatic N) is 4. The van der Waals surface area contributed by atoms with Crippen molar-refractivity contribution in [1.82, 2.24) is 19.5 Å². The number of aromatic nitrogens is 4. The van der Waals surface area contributed by atoms with Crippen molar-refractivity contribution in [2.24, 2.45) is 0 Å². The summed E-state index contributed by atoms with van der Waals surface area (Å²) in [4.78, 5) is 23.2. The van der Waals surface area contributed by atoms with Crippen LogP contribution in [-0.4, -0.2) is 71.8 Å². The number of imidazole rings is 1. The first kappa shape index (κ1) is 16.5. The smallest absolute Gasteiger partial charge is 0.334 e. The molecule has 2 aromatic heterocycles. The number of hydrogen-bond donors (Lipinski definition) is 4. The lowest BCUT2D eigenvalue weighted by Crippen LogP contribution is -2.35. The van der Waals surface area contributed by atoms with Crippen LogP contribution in [-0.2, 0) is 14.3 Å². The molecule has 1 fully saturated rings. The van der Waals surface area contributed by atoms with Crippen molar-refractivity contribution in [3.63, 3.8) is 0 Å². The summed E-state index contributed by atoms with van der Waals surface area (Å²) in [5.41, 5.74) is 6.38. The quantitative estimate of drug-likeness (QED) is 0.455. The molecule has 11 nitrogen and oxygen atoms in total. The minimum Gasteiger partial charge on any atom is -0.461 e. The summed E-state index contributed by atoms with van der Waals surface area (Å²) < 4.78 is 11.8. The minimum atomic E-state index is -1.30. The number of fused-ring (bicyclic) bond motifs is 1. The summed E-state index contributed by atoms with van der Waals surface area (Å²) in [7, 11) is 0. The fourth-order valence-electron chi connectivity index (χ4n) is 2.44. The van der Waals surface area contributed by atoms with Gasteiger partial charge in [0.05, 0.1) is 6.33 Å². The monoisotopic (exact) mass is 339 g/mol. The number of aliphatic hydroxyl groups excluding tert-OH is 3. The Morgan fingerprint density at radius 2 is 2.17 bits per heavy atom. The van der Waals surface area contributed by atoms with Gasteiger partial charge in [0.2, 0.25) is 0 Å². The molecule has 0 bridgehead atoms. The van der Waals surface area contributed by atoms with Crippen LogP contribution in [0.25, 0.3) is 11.2 Å². The van der Waals surface area contributed by atoms with Crippen molar-refractivity contribution in [2.45, 2.75) is 37.6 Å². The third-order valence-corrected chi connectivity index (χ3v) is 3.73. The number of carbonyl (C=O) groups is 1. The first-order valence-corrected chi connectivity index (χ1v) is 7.19. The van der Waals surface area contributed by atoms with Crippen molar-refractivity contribution in [3.8, 4) is 0 Å². The van der Waals surface area contributed by atoms with E-state index in [9.17, 15) is 15.0 Å². The Bertz CT molecular complexity index is 750. The van der Waals surface area contributed by atoms with Gasteiger partial charge in [0.1, 0.15) is 42.9 Å². The highest BCUT2D eigenvalue weighted by atomic mass is 16.6. The van der Waals surface area contributed by atoms with Crippen molar-refractivity contribution in [1.29, 1.82) is 0 Å².